The zero-order chi connectivity index (χ0) is 20.8. The van der Waals surface area contributed by atoms with Crippen molar-refractivity contribution in [3.05, 3.63) is 60.7 Å². The highest BCUT2D eigenvalue weighted by molar-refractivity contribution is 7.99. The van der Waals surface area contributed by atoms with Crippen LogP contribution in [0.15, 0.2) is 65.0 Å². The Morgan fingerprint density at radius 1 is 1.06 bits per heavy atom. The molecule has 0 aliphatic carbocycles. The van der Waals surface area contributed by atoms with Crippen LogP contribution in [0, 0.1) is 0 Å². The second-order valence-electron chi connectivity index (χ2n) is 7.63. The number of rotatable bonds is 5. The number of fused-ring (bicyclic) bond motifs is 2. The third kappa shape index (κ3) is 3.35. The highest BCUT2D eigenvalue weighted by atomic mass is 32.2. The molecule has 5 heterocycles. The minimum absolute atomic E-state index is 0.449. The first-order chi connectivity index (χ1) is 15.3. The maximum Gasteiger partial charge on any atom is 0.217 e. The molecule has 9 heteroatoms. The third-order valence-corrected chi connectivity index (χ3v) is 6.51. The van der Waals surface area contributed by atoms with Gasteiger partial charge < -0.3 is 5.32 Å². The molecule has 0 unspecified atom stereocenters. The van der Waals surface area contributed by atoms with Gasteiger partial charge in [-0.15, -0.1) is 10.2 Å². The molecule has 0 amide bonds. The van der Waals surface area contributed by atoms with E-state index in [1.54, 1.807) is 11.8 Å². The lowest BCUT2D eigenvalue weighted by Gasteiger charge is -2.27. The molecule has 1 aromatic carbocycles. The third-order valence-electron chi connectivity index (χ3n) is 5.58. The van der Waals surface area contributed by atoms with Crippen molar-refractivity contribution >= 4 is 28.3 Å². The summed E-state index contributed by atoms with van der Waals surface area (Å²) in [5, 5.41) is 22.8. The zero-order valence-corrected chi connectivity index (χ0v) is 17.8. The van der Waals surface area contributed by atoms with E-state index in [0.29, 0.717) is 6.04 Å². The van der Waals surface area contributed by atoms with Crippen molar-refractivity contribution in [2.75, 3.05) is 13.1 Å². The lowest BCUT2D eigenvalue weighted by atomic mass is 10.1. The van der Waals surface area contributed by atoms with E-state index in [9.17, 15) is 0 Å². The fourth-order valence-corrected chi connectivity index (χ4v) is 4.48. The highest BCUT2D eigenvalue weighted by Crippen LogP contribution is 2.30. The van der Waals surface area contributed by atoms with Crippen molar-refractivity contribution in [3.8, 4) is 11.1 Å². The number of nitrogens with one attached hydrogen (secondary N) is 1. The predicted molar refractivity (Wildman–Crippen MR) is 119 cm³/mol. The molecule has 1 aliphatic rings. The van der Waals surface area contributed by atoms with E-state index in [4.69, 9.17) is 0 Å². The van der Waals surface area contributed by atoms with Gasteiger partial charge in [0.1, 0.15) is 0 Å². The molecule has 0 bridgehead atoms. The van der Waals surface area contributed by atoms with Gasteiger partial charge in [0.2, 0.25) is 5.16 Å². The summed E-state index contributed by atoms with van der Waals surface area (Å²) >= 11 is 1.55. The maximum absolute atomic E-state index is 4.65. The van der Waals surface area contributed by atoms with E-state index < -0.39 is 0 Å². The van der Waals surface area contributed by atoms with Crippen LogP contribution in [0.3, 0.4) is 0 Å². The molecule has 0 saturated carbocycles. The summed E-state index contributed by atoms with van der Waals surface area (Å²) in [5.41, 5.74) is 4.87. The molecule has 8 nitrogen and oxygen atoms in total. The maximum atomic E-state index is 4.65. The van der Waals surface area contributed by atoms with Crippen LogP contribution in [-0.4, -0.2) is 47.7 Å². The van der Waals surface area contributed by atoms with Crippen LogP contribution >= 0.6 is 11.8 Å². The minimum Gasteiger partial charge on any atom is -0.312 e. The number of aromatic nitrogens is 7. The van der Waals surface area contributed by atoms with Crippen molar-refractivity contribution in [2.24, 2.45) is 0 Å². The van der Waals surface area contributed by atoms with Crippen molar-refractivity contribution in [3.63, 3.8) is 0 Å². The lowest BCUT2D eigenvalue weighted by Crippen LogP contribution is -2.43. The van der Waals surface area contributed by atoms with Crippen molar-refractivity contribution in [1.82, 2.24) is 39.9 Å². The molecular weight excluding hydrogens is 408 g/mol. The van der Waals surface area contributed by atoms with Crippen LogP contribution in [0.4, 0.5) is 0 Å². The molecule has 5 aromatic rings. The molecule has 1 aliphatic heterocycles. The van der Waals surface area contributed by atoms with Crippen molar-refractivity contribution in [1.29, 1.82) is 0 Å². The zero-order valence-electron chi connectivity index (χ0n) is 16.9. The lowest BCUT2D eigenvalue weighted by molar-refractivity contribution is 0.318. The van der Waals surface area contributed by atoms with Gasteiger partial charge in [0.15, 0.2) is 5.65 Å². The SMILES string of the molecule is CCc1ccc2nnc(Sc3ccc4ncc(-c5cnn(C6CNC6)c5)cc4c3)n2n1. The van der Waals surface area contributed by atoms with Crippen LogP contribution < -0.4 is 5.32 Å². The second-order valence-corrected chi connectivity index (χ2v) is 8.67. The first kappa shape index (κ1) is 18.5. The predicted octanol–water partition coefficient (Wildman–Crippen LogP) is 3.39. The van der Waals surface area contributed by atoms with E-state index in [-0.39, 0.29) is 0 Å². The Bertz CT molecular complexity index is 1400. The van der Waals surface area contributed by atoms with E-state index in [1.165, 1.54) is 0 Å². The van der Waals surface area contributed by atoms with Gasteiger partial charge in [-0.3, -0.25) is 9.67 Å². The fourth-order valence-electron chi connectivity index (χ4n) is 3.64. The standard InChI is InChI=1S/C22H20N8S/c1-2-17-3-6-21-26-27-22(30(21)28-17)31-19-4-5-20-14(8-19)7-15(9-24-20)16-10-25-29(13-16)18-11-23-12-18/h3-10,13,18,23H,2,11-12H2,1H3. The van der Waals surface area contributed by atoms with Crippen LogP contribution in [0.1, 0.15) is 18.7 Å². The molecular formula is C22H20N8S. The number of hydrogen-bond acceptors (Lipinski definition) is 7. The average Bonchev–Trinajstić information content (AvgIpc) is 3.39. The summed E-state index contributed by atoms with van der Waals surface area (Å²) in [6.07, 6.45) is 6.81. The second kappa shape index (κ2) is 7.44. The van der Waals surface area contributed by atoms with Gasteiger partial charge in [0.25, 0.3) is 0 Å². The normalized spacial score (nSPS) is 14.4. The summed E-state index contributed by atoms with van der Waals surface area (Å²) in [4.78, 5) is 5.72. The van der Waals surface area contributed by atoms with Crippen LogP contribution in [-0.2, 0) is 6.42 Å². The Balaban J connectivity index is 1.32. The smallest absolute Gasteiger partial charge is 0.217 e. The Morgan fingerprint density at radius 3 is 2.84 bits per heavy atom. The summed E-state index contributed by atoms with van der Waals surface area (Å²) < 4.78 is 3.85. The summed E-state index contributed by atoms with van der Waals surface area (Å²) in [6.45, 7) is 4.04. The van der Waals surface area contributed by atoms with E-state index >= 15 is 0 Å². The van der Waals surface area contributed by atoms with Gasteiger partial charge in [-0.25, -0.2) is 0 Å². The molecule has 0 atom stereocenters. The van der Waals surface area contributed by atoms with E-state index in [0.717, 1.165) is 62.9 Å². The van der Waals surface area contributed by atoms with Gasteiger partial charge in [0, 0.05) is 46.9 Å². The number of aryl methyl sites for hydroxylation is 1. The van der Waals surface area contributed by atoms with Gasteiger partial charge >= 0.3 is 0 Å². The number of hydrogen-bond donors (Lipinski definition) is 1. The molecule has 0 spiro atoms. The van der Waals surface area contributed by atoms with Gasteiger partial charge in [-0.05, 0) is 54.6 Å². The van der Waals surface area contributed by atoms with Crippen LogP contribution in [0.25, 0.3) is 27.7 Å². The fraction of sp³-hybridized carbons (Fsp3) is 0.227. The molecule has 1 saturated heterocycles. The van der Waals surface area contributed by atoms with E-state index in [2.05, 4.69) is 62.0 Å². The molecule has 31 heavy (non-hydrogen) atoms. The molecule has 6 rings (SSSR count). The van der Waals surface area contributed by atoms with E-state index in [1.807, 2.05) is 39.8 Å². The quantitative estimate of drug-likeness (QED) is 0.459. The number of nitrogens with zero attached hydrogens (tertiary/aromatic N) is 7. The molecule has 0 radical (unpaired) electrons. The largest absolute Gasteiger partial charge is 0.312 e. The highest BCUT2D eigenvalue weighted by Gasteiger charge is 2.19. The monoisotopic (exact) mass is 428 g/mol. The van der Waals surface area contributed by atoms with Crippen LogP contribution in [0.5, 0.6) is 0 Å². The van der Waals surface area contributed by atoms with Gasteiger partial charge in [-0.1, -0.05) is 6.92 Å². The summed E-state index contributed by atoms with van der Waals surface area (Å²) in [7, 11) is 0. The molecule has 1 N–H and O–H groups in total. The Hall–Kier alpha value is -3.30. The van der Waals surface area contributed by atoms with Gasteiger partial charge in [-0.2, -0.15) is 14.7 Å². The number of pyridine rings is 1. The first-order valence-corrected chi connectivity index (χ1v) is 11.1. The average molecular weight is 429 g/mol. The van der Waals surface area contributed by atoms with Crippen LogP contribution in [0.2, 0.25) is 0 Å². The summed E-state index contributed by atoms with van der Waals surface area (Å²) in [6, 6.07) is 12.8. The van der Waals surface area contributed by atoms with Gasteiger partial charge in [0.05, 0.1) is 23.4 Å². The number of benzene rings is 1. The summed E-state index contributed by atoms with van der Waals surface area (Å²) in [5.74, 6) is 0. The molecule has 4 aromatic heterocycles. The molecule has 1 fully saturated rings. The van der Waals surface area contributed by atoms with Crippen molar-refractivity contribution < 1.29 is 0 Å². The first-order valence-electron chi connectivity index (χ1n) is 10.3. The molecule has 154 valence electrons. The Morgan fingerprint density at radius 2 is 2.00 bits per heavy atom. The Labute approximate surface area is 182 Å². The minimum atomic E-state index is 0.449. The topological polar surface area (TPSA) is 85.8 Å². The van der Waals surface area contributed by atoms with Crippen molar-refractivity contribution in [2.45, 2.75) is 29.4 Å². The Kier molecular flexibility index (Phi) is 4.43.